The highest BCUT2D eigenvalue weighted by Crippen LogP contribution is 2.26. The summed E-state index contributed by atoms with van der Waals surface area (Å²) in [6.07, 6.45) is 0. The van der Waals surface area contributed by atoms with Crippen LogP contribution in [0, 0.1) is 13.8 Å². The van der Waals surface area contributed by atoms with Gasteiger partial charge in [0.25, 0.3) is 5.91 Å². The van der Waals surface area contributed by atoms with Gasteiger partial charge >= 0.3 is 0 Å². The number of anilines is 1. The molecule has 0 radical (unpaired) electrons. The van der Waals surface area contributed by atoms with Crippen LogP contribution in [0.4, 0.5) is 5.69 Å². The van der Waals surface area contributed by atoms with E-state index in [0.717, 1.165) is 32.7 Å². The van der Waals surface area contributed by atoms with E-state index < -0.39 is 0 Å². The molecule has 174 valence electrons. The molecule has 1 N–H and O–H groups in total. The molecule has 0 saturated heterocycles. The number of aryl methyl sites for hydroxylation is 1. The molecule has 4 aromatic rings. The van der Waals surface area contributed by atoms with E-state index in [1.54, 1.807) is 18.2 Å². The number of carbonyl (C=O) groups excluding carboxylic acids is 1. The van der Waals surface area contributed by atoms with E-state index in [1.165, 1.54) is 0 Å². The fourth-order valence-electron chi connectivity index (χ4n) is 3.50. The Morgan fingerprint density at radius 3 is 2.41 bits per heavy atom. The molecular formula is C26H22BrCl2N3O2. The predicted molar refractivity (Wildman–Crippen MR) is 140 cm³/mol. The zero-order chi connectivity index (χ0) is 24.2. The molecule has 0 spiro atoms. The summed E-state index contributed by atoms with van der Waals surface area (Å²) in [5.74, 6) is 0.576. The Morgan fingerprint density at radius 2 is 1.71 bits per heavy atom. The van der Waals surface area contributed by atoms with Crippen LogP contribution in [-0.4, -0.2) is 15.7 Å². The van der Waals surface area contributed by atoms with Crippen LogP contribution in [0.15, 0.2) is 71.2 Å². The number of rotatable bonds is 7. The zero-order valence-electron chi connectivity index (χ0n) is 18.6. The van der Waals surface area contributed by atoms with Gasteiger partial charge in [0.15, 0.2) is 0 Å². The fourth-order valence-corrected chi connectivity index (χ4v) is 4.22. The van der Waals surface area contributed by atoms with Crippen LogP contribution < -0.4 is 10.1 Å². The van der Waals surface area contributed by atoms with Crippen LogP contribution in [-0.2, 0) is 13.2 Å². The Morgan fingerprint density at radius 1 is 1.00 bits per heavy atom. The first-order valence-corrected chi connectivity index (χ1v) is 12.1. The second-order valence-corrected chi connectivity index (χ2v) is 9.49. The highest BCUT2D eigenvalue weighted by Gasteiger charge is 2.16. The van der Waals surface area contributed by atoms with Crippen molar-refractivity contribution < 1.29 is 9.53 Å². The average molecular weight is 559 g/mol. The molecule has 1 heterocycles. The molecule has 0 aliphatic heterocycles. The highest BCUT2D eigenvalue weighted by atomic mass is 79.9. The quantitative estimate of drug-likeness (QED) is 0.256. The Hall–Kier alpha value is -2.80. The molecule has 3 aromatic carbocycles. The van der Waals surface area contributed by atoms with Crippen LogP contribution in [0.25, 0.3) is 0 Å². The molecule has 1 aromatic heterocycles. The van der Waals surface area contributed by atoms with Crippen molar-refractivity contribution in [1.82, 2.24) is 9.78 Å². The summed E-state index contributed by atoms with van der Waals surface area (Å²) in [6, 6.07) is 20.5. The predicted octanol–water partition coefficient (Wildman–Crippen LogP) is 7.45. The third-order valence-electron chi connectivity index (χ3n) is 5.38. The largest absolute Gasteiger partial charge is 0.488 e. The average Bonchev–Trinajstić information content (AvgIpc) is 3.08. The maximum absolute atomic E-state index is 12.9. The lowest BCUT2D eigenvalue weighted by atomic mass is 10.1. The SMILES string of the molecule is Cc1nn(Cc2ccc(Cl)c(Cl)c2)c(C)c1NC(=O)c1ccc(COc2ccccc2Br)cc1. The number of hydrogen-bond donors (Lipinski definition) is 1. The number of carbonyl (C=O) groups is 1. The van der Waals surface area contributed by atoms with Gasteiger partial charge in [-0.05, 0) is 77.3 Å². The molecule has 0 bridgehead atoms. The summed E-state index contributed by atoms with van der Waals surface area (Å²) in [5, 5.41) is 8.59. The fraction of sp³-hybridized carbons (Fsp3) is 0.154. The minimum atomic E-state index is -0.196. The Labute approximate surface area is 216 Å². The summed E-state index contributed by atoms with van der Waals surface area (Å²) < 4.78 is 8.58. The Kier molecular flexibility index (Phi) is 7.61. The van der Waals surface area contributed by atoms with Crippen molar-refractivity contribution in [3.05, 3.63) is 109 Å². The lowest BCUT2D eigenvalue weighted by Gasteiger charge is -2.10. The van der Waals surface area contributed by atoms with Crippen molar-refractivity contribution in [2.75, 3.05) is 5.32 Å². The second-order valence-electron chi connectivity index (χ2n) is 7.82. The summed E-state index contributed by atoms with van der Waals surface area (Å²) in [4.78, 5) is 12.9. The van der Waals surface area contributed by atoms with Crippen molar-refractivity contribution in [3.8, 4) is 5.75 Å². The standard InChI is InChI=1S/C26H22BrCl2N3O2/c1-16-25(17(2)32(31-16)14-19-9-12-22(28)23(29)13-19)30-26(33)20-10-7-18(8-11-20)15-34-24-6-4-3-5-21(24)27/h3-13H,14-15H2,1-2H3,(H,30,33). The van der Waals surface area contributed by atoms with Gasteiger partial charge in [-0.25, -0.2) is 0 Å². The van der Waals surface area contributed by atoms with Crippen LogP contribution >= 0.6 is 39.1 Å². The van der Waals surface area contributed by atoms with Crippen LogP contribution in [0.2, 0.25) is 10.0 Å². The summed E-state index contributed by atoms with van der Waals surface area (Å²) in [7, 11) is 0. The first kappa shape index (κ1) is 24.3. The van der Waals surface area contributed by atoms with Crippen molar-refractivity contribution in [1.29, 1.82) is 0 Å². The Bertz CT molecular complexity index is 1340. The summed E-state index contributed by atoms with van der Waals surface area (Å²) in [5.41, 5.74) is 4.79. The number of benzene rings is 3. The van der Waals surface area contributed by atoms with Crippen molar-refractivity contribution >= 4 is 50.7 Å². The molecule has 5 nitrogen and oxygen atoms in total. The van der Waals surface area contributed by atoms with Gasteiger partial charge in [0, 0.05) is 5.56 Å². The molecule has 0 atom stereocenters. The molecule has 0 unspecified atom stereocenters. The molecule has 4 rings (SSSR count). The number of ether oxygens (including phenoxy) is 1. The van der Waals surface area contributed by atoms with Crippen LogP contribution in [0.1, 0.15) is 32.9 Å². The first-order chi connectivity index (χ1) is 16.3. The molecular weight excluding hydrogens is 537 g/mol. The van der Waals surface area contributed by atoms with Crippen LogP contribution in [0.3, 0.4) is 0 Å². The number of aromatic nitrogens is 2. The number of hydrogen-bond acceptors (Lipinski definition) is 3. The van der Waals surface area contributed by atoms with Gasteiger partial charge in [-0.2, -0.15) is 5.10 Å². The third-order valence-corrected chi connectivity index (χ3v) is 6.78. The Balaban J connectivity index is 1.42. The van der Waals surface area contributed by atoms with E-state index in [4.69, 9.17) is 27.9 Å². The second kappa shape index (κ2) is 10.6. The van der Waals surface area contributed by atoms with Crippen molar-refractivity contribution in [2.45, 2.75) is 27.0 Å². The minimum Gasteiger partial charge on any atom is -0.488 e. The number of amides is 1. The van der Waals surface area contributed by atoms with E-state index in [-0.39, 0.29) is 5.91 Å². The summed E-state index contributed by atoms with van der Waals surface area (Å²) >= 11 is 15.6. The van der Waals surface area contributed by atoms with Gasteiger partial charge in [-0.1, -0.05) is 53.5 Å². The minimum absolute atomic E-state index is 0.196. The van der Waals surface area contributed by atoms with E-state index >= 15 is 0 Å². The number of halogens is 3. The zero-order valence-corrected chi connectivity index (χ0v) is 21.7. The van der Waals surface area contributed by atoms with Gasteiger partial charge in [0.05, 0.1) is 38.1 Å². The van der Waals surface area contributed by atoms with Gasteiger partial charge in [-0.3, -0.25) is 9.48 Å². The van der Waals surface area contributed by atoms with E-state index in [1.807, 2.05) is 67.1 Å². The monoisotopic (exact) mass is 557 g/mol. The maximum atomic E-state index is 12.9. The van der Waals surface area contributed by atoms with Crippen molar-refractivity contribution in [2.24, 2.45) is 0 Å². The first-order valence-electron chi connectivity index (χ1n) is 10.6. The lowest BCUT2D eigenvalue weighted by molar-refractivity contribution is 0.102. The topological polar surface area (TPSA) is 56.2 Å². The molecule has 0 aliphatic carbocycles. The maximum Gasteiger partial charge on any atom is 0.255 e. The number of para-hydroxylation sites is 1. The van der Waals surface area contributed by atoms with Gasteiger partial charge < -0.3 is 10.1 Å². The molecule has 34 heavy (non-hydrogen) atoms. The number of nitrogens with one attached hydrogen (secondary N) is 1. The van der Waals surface area contributed by atoms with Gasteiger partial charge in [0.2, 0.25) is 0 Å². The van der Waals surface area contributed by atoms with Crippen molar-refractivity contribution in [3.63, 3.8) is 0 Å². The third kappa shape index (κ3) is 5.63. The highest BCUT2D eigenvalue weighted by molar-refractivity contribution is 9.10. The van der Waals surface area contributed by atoms with Gasteiger partial charge in [0.1, 0.15) is 12.4 Å². The molecule has 1 amide bonds. The normalized spacial score (nSPS) is 10.9. The van der Waals surface area contributed by atoms with E-state index in [9.17, 15) is 4.79 Å². The summed E-state index contributed by atoms with van der Waals surface area (Å²) in [6.45, 7) is 4.72. The van der Waals surface area contributed by atoms with E-state index in [2.05, 4.69) is 26.3 Å². The smallest absolute Gasteiger partial charge is 0.255 e. The van der Waals surface area contributed by atoms with E-state index in [0.29, 0.717) is 34.4 Å². The molecule has 8 heteroatoms. The number of nitrogens with zero attached hydrogens (tertiary/aromatic N) is 2. The molecule has 0 aliphatic rings. The van der Waals surface area contributed by atoms with Gasteiger partial charge in [-0.15, -0.1) is 0 Å². The lowest BCUT2D eigenvalue weighted by Crippen LogP contribution is -2.13. The molecule has 0 saturated carbocycles. The molecule has 0 fully saturated rings. The van der Waals surface area contributed by atoms with Crippen LogP contribution in [0.5, 0.6) is 5.75 Å².